The highest BCUT2D eigenvalue weighted by Crippen LogP contribution is 2.37. The number of nitrogens with one attached hydrogen (secondary N) is 3. The molecule has 0 bridgehead atoms. The van der Waals surface area contributed by atoms with E-state index in [4.69, 9.17) is 23.7 Å². The van der Waals surface area contributed by atoms with Crippen LogP contribution in [0.5, 0.6) is 0 Å². The van der Waals surface area contributed by atoms with Crippen LogP contribution in [0, 0.1) is 29.6 Å². The summed E-state index contributed by atoms with van der Waals surface area (Å²) >= 11 is 0. The van der Waals surface area contributed by atoms with Gasteiger partial charge in [-0.3, -0.25) is 0 Å². The van der Waals surface area contributed by atoms with Crippen LogP contribution in [0.1, 0.15) is 148 Å². The minimum absolute atomic E-state index is 0.0172. The molecule has 3 amide bonds. The highest BCUT2D eigenvalue weighted by atomic mass is 16.6. The van der Waals surface area contributed by atoms with Crippen LogP contribution in [0.4, 0.5) is 14.4 Å². The van der Waals surface area contributed by atoms with E-state index in [1.165, 1.54) is 51.4 Å². The number of unbranched alkanes of at least 4 members (excludes halogenated alkanes) is 2. The maximum Gasteiger partial charge on any atom is 0.407 e. The molecular weight excluding hydrogens is 702 g/mol. The van der Waals surface area contributed by atoms with Gasteiger partial charge >= 0.3 is 24.2 Å². The van der Waals surface area contributed by atoms with Crippen molar-refractivity contribution < 1.29 is 42.9 Å². The van der Waals surface area contributed by atoms with E-state index in [1.807, 2.05) is 0 Å². The van der Waals surface area contributed by atoms with Crippen LogP contribution in [-0.4, -0.2) is 82.0 Å². The Labute approximate surface area is 330 Å². The first kappa shape index (κ1) is 44.7. The van der Waals surface area contributed by atoms with Crippen LogP contribution in [0.15, 0.2) is 12.7 Å². The summed E-state index contributed by atoms with van der Waals surface area (Å²) in [5, 5.41) is 9.07. The summed E-state index contributed by atoms with van der Waals surface area (Å²) in [5.41, 5.74) is 0. The van der Waals surface area contributed by atoms with Crippen molar-refractivity contribution in [3.63, 3.8) is 0 Å². The van der Waals surface area contributed by atoms with Crippen molar-refractivity contribution in [3.05, 3.63) is 12.7 Å². The van der Waals surface area contributed by atoms with Crippen molar-refractivity contribution in [2.75, 3.05) is 39.6 Å². The molecule has 0 saturated heterocycles. The Bertz CT molecular complexity index is 1120. The Balaban J connectivity index is 0.883. The number of alkyl carbamates (subject to hydrolysis) is 3. The Morgan fingerprint density at radius 2 is 0.800 bits per heavy atom. The summed E-state index contributed by atoms with van der Waals surface area (Å²) in [6.07, 6.45) is 24.3. The highest BCUT2D eigenvalue weighted by Gasteiger charge is 2.29. The van der Waals surface area contributed by atoms with Crippen LogP contribution in [0.25, 0.3) is 0 Å². The first-order valence-electron chi connectivity index (χ1n) is 21.9. The van der Waals surface area contributed by atoms with Gasteiger partial charge in [-0.1, -0.05) is 39.2 Å². The minimum atomic E-state index is -0.534. The molecule has 0 aliphatic heterocycles. The average molecular weight is 776 g/mol. The molecule has 314 valence electrons. The number of hydrogen-bond donors (Lipinski definition) is 3. The molecule has 4 saturated carbocycles. The lowest BCUT2D eigenvalue weighted by molar-refractivity contribution is -0.138. The fourth-order valence-corrected chi connectivity index (χ4v) is 9.14. The van der Waals surface area contributed by atoms with Gasteiger partial charge in [-0.25, -0.2) is 19.2 Å². The molecule has 55 heavy (non-hydrogen) atoms. The van der Waals surface area contributed by atoms with Crippen molar-refractivity contribution in [2.45, 2.75) is 166 Å². The maximum absolute atomic E-state index is 12.3. The number of ether oxygens (including phenoxy) is 5. The molecule has 12 heteroatoms. The van der Waals surface area contributed by atoms with Gasteiger partial charge in [0.1, 0.15) is 13.2 Å². The molecule has 0 aromatic rings. The topological polar surface area (TPSA) is 151 Å². The Kier molecular flexibility index (Phi) is 21.1. The van der Waals surface area contributed by atoms with E-state index in [0.717, 1.165) is 114 Å². The van der Waals surface area contributed by atoms with E-state index in [0.29, 0.717) is 38.3 Å². The van der Waals surface area contributed by atoms with Crippen LogP contribution < -0.4 is 16.0 Å². The molecule has 4 aliphatic carbocycles. The Morgan fingerprint density at radius 3 is 1.18 bits per heavy atom. The van der Waals surface area contributed by atoms with Crippen LogP contribution in [0.2, 0.25) is 0 Å². The zero-order valence-corrected chi connectivity index (χ0v) is 33.9. The van der Waals surface area contributed by atoms with Gasteiger partial charge in [-0.15, -0.1) is 0 Å². The molecule has 0 unspecified atom stereocenters. The summed E-state index contributed by atoms with van der Waals surface area (Å²) in [5.74, 6) is 3.49. The van der Waals surface area contributed by atoms with Crippen molar-refractivity contribution in [1.29, 1.82) is 0 Å². The van der Waals surface area contributed by atoms with Gasteiger partial charge < -0.3 is 39.6 Å². The summed E-state index contributed by atoms with van der Waals surface area (Å²) in [4.78, 5) is 47.7. The third-order valence-electron chi connectivity index (χ3n) is 12.5. The number of amides is 3. The van der Waals surface area contributed by atoms with E-state index in [9.17, 15) is 19.2 Å². The van der Waals surface area contributed by atoms with Gasteiger partial charge in [0.2, 0.25) is 0 Å². The second-order valence-corrected chi connectivity index (χ2v) is 17.0. The SMILES string of the molecule is C=CC(=O)OCCOC(=O)NC1CCC(CC2CCC(NC(=O)OCCCCOCCCCOC(=O)NC3CCC(CC4CCC(C)CC4)CC3)CC2)CC1. The summed E-state index contributed by atoms with van der Waals surface area (Å²) < 4.78 is 26.5. The summed E-state index contributed by atoms with van der Waals surface area (Å²) in [6.45, 7) is 7.81. The third kappa shape index (κ3) is 19.1. The zero-order chi connectivity index (χ0) is 39.1. The molecule has 4 aliphatic rings. The third-order valence-corrected chi connectivity index (χ3v) is 12.5. The molecule has 12 nitrogen and oxygen atoms in total. The van der Waals surface area contributed by atoms with Crippen molar-refractivity contribution in [3.8, 4) is 0 Å². The van der Waals surface area contributed by atoms with Gasteiger partial charge in [-0.05, 0) is 145 Å². The molecule has 4 rings (SSSR count). The first-order valence-corrected chi connectivity index (χ1v) is 21.9. The van der Waals surface area contributed by atoms with Gasteiger partial charge in [-0.2, -0.15) is 0 Å². The molecule has 0 radical (unpaired) electrons. The summed E-state index contributed by atoms with van der Waals surface area (Å²) in [6, 6.07) is 0.549. The van der Waals surface area contributed by atoms with Crippen LogP contribution in [0.3, 0.4) is 0 Å². The Morgan fingerprint density at radius 1 is 0.473 bits per heavy atom. The molecule has 0 aromatic carbocycles. The molecule has 0 heterocycles. The predicted octanol–water partition coefficient (Wildman–Crippen LogP) is 8.75. The second kappa shape index (κ2) is 26.0. The van der Waals surface area contributed by atoms with Crippen LogP contribution >= 0.6 is 0 Å². The predicted molar refractivity (Wildman–Crippen MR) is 211 cm³/mol. The van der Waals surface area contributed by atoms with Crippen molar-refractivity contribution in [1.82, 2.24) is 16.0 Å². The fourth-order valence-electron chi connectivity index (χ4n) is 9.14. The summed E-state index contributed by atoms with van der Waals surface area (Å²) in [7, 11) is 0. The largest absolute Gasteiger partial charge is 0.459 e. The maximum atomic E-state index is 12.3. The number of esters is 1. The lowest BCUT2D eigenvalue weighted by Crippen LogP contribution is -2.39. The Hall–Kier alpha value is -3.02. The number of rotatable bonds is 21. The van der Waals surface area contributed by atoms with Gasteiger partial charge in [0.25, 0.3) is 0 Å². The van der Waals surface area contributed by atoms with E-state index in [2.05, 4.69) is 29.5 Å². The standard InChI is InChI=1S/C43H73N3O9/c1-3-40(47)52-28-29-55-43(50)46-39-22-16-36(17-23-39)31-35-14-20-38(21-15-35)45-42(49)54-27-7-5-25-51-24-4-6-26-53-41(48)44-37-18-12-34(13-19-37)30-33-10-8-32(2)9-11-33/h3,32-39H,1,4-31H2,2H3,(H,44,48)(H,45,49)(H,46,50). The van der Waals surface area contributed by atoms with E-state index in [1.54, 1.807) is 0 Å². The molecule has 3 N–H and O–H groups in total. The molecule has 4 fully saturated rings. The van der Waals surface area contributed by atoms with E-state index in [-0.39, 0.29) is 43.5 Å². The van der Waals surface area contributed by atoms with E-state index < -0.39 is 12.1 Å². The lowest BCUT2D eigenvalue weighted by atomic mass is 9.75. The zero-order valence-electron chi connectivity index (χ0n) is 33.9. The fraction of sp³-hybridized carbons (Fsp3) is 0.860. The van der Waals surface area contributed by atoms with Gasteiger partial charge in [0, 0.05) is 37.4 Å². The molecule has 0 spiro atoms. The number of carbonyl (C=O) groups excluding carboxylic acids is 4. The van der Waals surface area contributed by atoms with Crippen molar-refractivity contribution >= 4 is 24.2 Å². The van der Waals surface area contributed by atoms with Gasteiger partial charge in [0.05, 0.1) is 13.2 Å². The van der Waals surface area contributed by atoms with E-state index >= 15 is 0 Å². The average Bonchev–Trinajstić information content (AvgIpc) is 3.18. The first-order chi connectivity index (χ1) is 26.7. The molecular formula is C43H73N3O9. The highest BCUT2D eigenvalue weighted by molar-refractivity contribution is 5.81. The smallest absolute Gasteiger partial charge is 0.407 e. The lowest BCUT2D eigenvalue weighted by Gasteiger charge is -2.34. The number of carbonyl (C=O) groups is 4. The van der Waals surface area contributed by atoms with Crippen LogP contribution in [-0.2, 0) is 28.5 Å². The normalized spacial score (nSPS) is 28.2. The quantitative estimate of drug-likeness (QED) is 0.0450. The number of hydrogen-bond acceptors (Lipinski definition) is 9. The molecule has 0 atom stereocenters. The molecule has 0 aromatic heterocycles. The van der Waals surface area contributed by atoms with Gasteiger partial charge in [0.15, 0.2) is 0 Å². The monoisotopic (exact) mass is 776 g/mol. The minimum Gasteiger partial charge on any atom is -0.459 e. The van der Waals surface area contributed by atoms with Crippen molar-refractivity contribution in [2.24, 2.45) is 29.6 Å². The second-order valence-electron chi connectivity index (χ2n) is 17.0.